The fourth-order valence-corrected chi connectivity index (χ4v) is 1.25. The third kappa shape index (κ3) is 3.81. The van der Waals surface area contributed by atoms with Crippen LogP contribution < -0.4 is 0 Å². The number of allylic oxidation sites excluding steroid dienone is 2. The number of rotatable bonds is 10. The molecule has 0 aliphatic heterocycles. The molecule has 0 fully saturated rings. The largest absolute Gasteiger partial charge is 0.454 e. The molecule has 0 unspecified atom stereocenters. The van der Waals surface area contributed by atoms with Gasteiger partial charge in [0.15, 0.2) is 24.9 Å². The molecule has 0 radical (unpaired) electrons. The first-order valence-electron chi connectivity index (χ1n) is 6.12. The fraction of sp³-hybridized carbons (Fsp3) is 0.667. The predicted molar refractivity (Wildman–Crippen MR) is 61.0 cm³/mol. The molecule has 1 nitrogen and oxygen atoms in total. The lowest BCUT2D eigenvalue weighted by molar-refractivity contribution is -0.316. The van der Waals surface area contributed by atoms with Crippen molar-refractivity contribution in [1.29, 1.82) is 0 Å². The van der Waals surface area contributed by atoms with Crippen molar-refractivity contribution in [3.8, 4) is 0 Å². The Morgan fingerprint density at radius 1 is 0.556 bits per heavy atom. The summed E-state index contributed by atoms with van der Waals surface area (Å²) in [7, 11) is 0. The summed E-state index contributed by atoms with van der Waals surface area (Å²) in [6.07, 6.45) is 0. The molecule has 27 heavy (non-hydrogen) atoms. The standard InChI is InChI=1S/C12H8F14O/c1-5(9(19,20)11(23,24)7(15,16)3-13)27-6(2)10(21,22)12(25,26)8(17,18)4-14/h1-4H2. The monoisotopic (exact) mass is 434 g/mol. The topological polar surface area (TPSA) is 9.23 Å². The Bertz CT molecular complexity index is 529. The predicted octanol–water partition coefficient (Wildman–Crippen LogP) is 5.78. The second-order valence-corrected chi connectivity index (χ2v) is 4.92. The van der Waals surface area contributed by atoms with Gasteiger partial charge in [0.2, 0.25) is 0 Å². The lowest BCUT2D eigenvalue weighted by Gasteiger charge is -2.35. The minimum absolute atomic E-state index is 1.85. The van der Waals surface area contributed by atoms with E-state index in [2.05, 4.69) is 4.74 Å². The molecule has 0 N–H and O–H groups in total. The van der Waals surface area contributed by atoms with Gasteiger partial charge in [-0.3, -0.25) is 0 Å². The van der Waals surface area contributed by atoms with E-state index in [1.54, 1.807) is 0 Å². The molecule has 0 saturated heterocycles. The van der Waals surface area contributed by atoms with E-state index in [9.17, 15) is 61.5 Å². The van der Waals surface area contributed by atoms with Crippen LogP contribution in [0.2, 0.25) is 0 Å². The second kappa shape index (κ2) is 7.04. The van der Waals surface area contributed by atoms with Crippen molar-refractivity contribution in [3.05, 3.63) is 24.7 Å². The Labute approximate surface area is 141 Å². The summed E-state index contributed by atoms with van der Waals surface area (Å²) in [5, 5.41) is 0. The van der Waals surface area contributed by atoms with Crippen LogP contribution in [0.3, 0.4) is 0 Å². The molecule has 0 amide bonds. The third-order valence-electron chi connectivity index (χ3n) is 2.99. The minimum Gasteiger partial charge on any atom is -0.454 e. The smallest absolute Gasteiger partial charge is 0.382 e. The van der Waals surface area contributed by atoms with Crippen molar-refractivity contribution < 1.29 is 66.2 Å². The average molecular weight is 434 g/mol. The maximum atomic E-state index is 13.3. The fourth-order valence-electron chi connectivity index (χ4n) is 1.25. The van der Waals surface area contributed by atoms with E-state index in [0.717, 1.165) is 0 Å². The number of halogens is 14. The van der Waals surface area contributed by atoms with Gasteiger partial charge in [-0.25, -0.2) is 8.78 Å². The van der Waals surface area contributed by atoms with Crippen LogP contribution in [0.25, 0.3) is 0 Å². The highest BCUT2D eigenvalue weighted by Crippen LogP contribution is 2.52. The normalized spacial score (nSPS) is 14.9. The first-order chi connectivity index (χ1) is 11.7. The lowest BCUT2D eigenvalue weighted by Crippen LogP contribution is -2.58. The van der Waals surface area contributed by atoms with Crippen LogP contribution in [-0.4, -0.2) is 48.9 Å². The summed E-state index contributed by atoms with van der Waals surface area (Å²) >= 11 is 0. The van der Waals surface area contributed by atoms with Crippen molar-refractivity contribution >= 4 is 0 Å². The van der Waals surface area contributed by atoms with Crippen molar-refractivity contribution in [2.45, 2.75) is 35.5 Å². The molecule has 0 aliphatic rings. The molecule has 0 spiro atoms. The van der Waals surface area contributed by atoms with Gasteiger partial charge in [0.1, 0.15) is 0 Å². The van der Waals surface area contributed by atoms with Gasteiger partial charge in [-0.05, 0) is 0 Å². The Balaban J connectivity index is 5.79. The van der Waals surface area contributed by atoms with Gasteiger partial charge >= 0.3 is 35.5 Å². The van der Waals surface area contributed by atoms with Crippen LogP contribution in [0.5, 0.6) is 0 Å². The Hall–Kier alpha value is -1.70. The highest BCUT2D eigenvalue weighted by Gasteiger charge is 2.76. The molecule has 15 heteroatoms. The summed E-state index contributed by atoms with van der Waals surface area (Å²) < 4.78 is 183. The quantitative estimate of drug-likeness (QED) is 0.313. The first kappa shape index (κ1) is 25.3. The van der Waals surface area contributed by atoms with Gasteiger partial charge in [-0.2, -0.15) is 52.7 Å². The molecule has 0 aliphatic carbocycles. The van der Waals surface area contributed by atoms with E-state index in [4.69, 9.17) is 0 Å². The van der Waals surface area contributed by atoms with Gasteiger partial charge in [0, 0.05) is 0 Å². The summed E-state index contributed by atoms with van der Waals surface area (Å²) in [4.78, 5) is 0. The van der Waals surface area contributed by atoms with E-state index in [0.29, 0.717) is 0 Å². The number of hydrogen-bond acceptors (Lipinski definition) is 1. The molecule has 0 bridgehead atoms. The van der Waals surface area contributed by atoms with E-state index in [1.807, 2.05) is 13.2 Å². The molecule has 0 saturated carbocycles. The highest BCUT2D eigenvalue weighted by atomic mass is 19.4. The first-order valence-corrected chi connectivity index (χ1v) is 6.12. The van der Waals surface area contributed by atoms with Crippen LogP contribution in [0.4, 0.5) is 61.5 Å². The Morgan fingerprint density at radius 3 is 0.963 bits per heavy atom. The van der Waals surface area contributed by atoms with Crippen LogP contribution >= 0.6 is 0 Å². The molecular formula is C12H8F14O. The third-order valence-corrected chi connectivity index (χ3v) is 2.99. The molecule has 0 aromatic rings. The second-order valence-electron chi connectivity index (χ2n) is 4.92. The van der Waals surface area contributed by atoms with Crippen molar-refractivity contribution in [3.63, 3.8) is 0 Å². The lowest BCUT2D eigenvalue weighted by atomic mass is 10.0. The van der Waals surface area contributed by atoms with Crippen LogP contribution in [0.15, 0.2) is 24.7 Å². The summed E-state index contributed by atoms with van der Waals surface area (Å²) in [5.74, 6) is -44.3. The van der Waals surface area contributed by atoms with Crippen LogP contribution in [-0.2, 0) is 4.74 Å². The van der Waals surface area contributed by atoms with E-state index in [-0.39, 0.29) is 0 Å². The number of ether oxygens (including phenoxy) is 1. The van der Waals surface area contributed by atoms with E-state index in [1.165, 1.54) is 0 Å². The Morgan fingerprint density at radius 2 is 0.778 bits per heavy atom. The molecule has 160 valence electrons. The van der Waals surface area contributed by atoms with Gasteiger partial charge in [0.25, 0.3) is 0 Å². The summed E-state index contributed by atoms with van der Waals surface area (Å²) in [5.41, 5.74) is 0. The van der Waals surface area contributed by atoms with E-state index >= 15 is 0 Å². The molecule has 0 atom stereocenters. The molecule has 0 aromatic heterocycles. The maximum Gasteiger partial charge on any atom is 0.382 e. The van der Waals surface area contributed by atoms with Gasteiger partial charge in [0.05, 0.1) is 0 Å². The number of hydrogen-bond donors (Lipinski definition) is 0. The number of alkyl halides is 14. The highest BCUT2D eigenvalue weighted by molar-refractivity contribution is 5.18. The van der Waals surface area contributed by atoms with Crippen LogP contribution in [0.1, 0.15) is 0 Å². The zero-order chi connectivity index (χ0) is 22.3. The minimum atomic E-state index is -6.66. The molecular weight excluding hydrogens is 426 g/mol. The average Bonchev–Trinajstić information content (AvgIpc) is 2.53. The maximum absolute atomic E-state index is 13.3. The molecule has 0 rings (SSSR count). The van der Waals surface area contributed by atoms with Crippen molar-refractivity contribution in [2.75, 3.05) is 13.3 Å². The van der Waals surface area contributed by atoms with Crippen LogP contribution in [0, 0.1) is 0 Å². The zero-order valence-electron chi connectivity index (χ0n) is 12.5. The zero-order valence-corrected chi connectivity index (χ0v) is 12.5. The molecule has 0 heterocycles. The molecule has 0 aromatic carbocycles. The SMILES string of the molecule is C=C(OC(=C)C(F)(F)C(F)(F)C(F)(F)CF)C(F)(F)C(F)(F)C(F)(F)CF. The summed E-state index contributed by atoms with van der Waals surface area (Å²) in [6, 6.07) is 0. The van der Waals surface area contributed by atoms with Gasteiger partial charge in [-0.1, -0.05) is 13.2 Å². The Kier molecular flexibility index (Phi) is 6.59. The van der Waals surface area contributed by atoms with Crippen molar-refractivity contribution in [2.24, 2.45) is 0 Å². The van der Waals surface area contributed by atoms with Crippen molar-refractivity contribution in [1.82, 2.24) is 0 Å². The van der Waals surface area contributed by atoms with E-state index < -0.39 is 60.4 Å². The van der Waals surface area contributed by atoms with Gasteiger partial charge < -0.3 is 4.74 Å². The summed E-state index contributed by atoms with van der Waals surface area (Å²) in [6.45, 7) is -3.02. The van der Waals surface area contributed by atoms with Gasteiger partial charge in [-0.15, -0.1) is 0 Å².